The topological polar surface area (TPSA) is 142 Å². The molecule has 2 aromatic carbocycles. The molecule has 2 atom stereocenters. The molecule has 4 aromatic rings. The summed E-state index contributed by atoms with van der Waals surface area (Å²) in [6.07, 6.45) is 4.25. The van der Waals surface area contributed by atoms with Crippen LogP contribution in [0.25, 0.3) is 22.2 Å². The predicted molar refractivity (Wildman–Crippen MR) is 153 cm³/mol. The number of nitrogens with two attached hydrogens (primary N) is 1. The number of hydrogen-bond acceptors (Lipinski definition) is 7. The van der Waals surface area contributed by atoms with Crippen LogP contribution in [-0.2, 0) is 15.8 Å². The Morgan fingerprint density at radius 1 is 1.26 bits per heavy atom. The number of carbonyl (C=O) groups is 2. The number of amides is 2. The summed E-state index contributed by atoms with van der Waals surface area (Å²) in [5.41, 5.74) is 5.60. The van der Waals surface area contributed by atoms with E-state index >= 15 is 0 Å². The second-order valence-electron chi connectivity index (χ2n) is 11.2. The number of hydrogen-bond donors (Lipinski definition) is 3. The summed E-state index contributed by atoms with van der Waals surface area (Å²) in [5.74, 6) is -0.589. The first-order valence-electron chi connectivity index (χ1n) is 13.9. The average Bonchev–Trinajstić information content (AvgIpc) is 3.66. The van der Waals surface area contributed by atoms with Crippen molar-refractivity contribution in [2.24, 2.45) is 5.73 Å². The van der Waals surface area contributed by atoms with E-state index in [4.69, 9.17) is 20.2 Å². The molecule has 0 radical (unpaired) electrons. The van der Waals surface area contributed by atoms with Crippen molar-refractivity contribution in [3.63, 3.8) is 0 Å². The minimum absolute atomic E-state index is 0.0000749. The predicted octanol–water partition coefficient (Wildman–Crippen LogP) is 3.74. The van der Waals surface area contributed by atoms with Crippen molar-refractivity contribution in [2.75, 3.05) is 20.3 Å². The maximum Gasteiger partial charge on any atom is 0.251 e. The Morgan fingerprint density at radius 2 is 2.00 bits per heavy atom. The number of halogens is 1. The van der Waals surface area contributed by atoms with Crippen molar-refractivity contribution in [3.8, 4) is 22.8 Å². The largest absolute Gasteiger partial charge is 0.494 e. The Bertz CT molecular complexity index is 1720. The number of primary amides is 1. The molecular formula is C31H32FN5O5. The van der Waals surface area contributed by atoms with Gasteiger partial charge < -0.3 is 25.6 Å². The fourth-order valence-electron chi connectivity index (χ4n) is 5.29. The van der Waals surface area contributed by atoms with Crippen molar-refractivity contribution in [3.05, 3.63) is 71.3 Å². The lowest BCUT2D eigenvalue weighted by molar-refractivity contribution is -0.123. The molecule has 6 rings (SSSR count). The number of aromatic nitrogens is 3. The number of ether oxygens (including phenoxy) is 2. The van der Waals surface area contributed by atoms with Gasteiger partial charge in [0.05, 0.1) is 25.4 Å². The lowest BCUT2D eigenvalue weighted by Crippen LogP contribution is -2.42. The van der Waals surface area contributed by atoms with Crippen LogP contribution >= 0.6 is 0 Å². The van der Waals surface area contributed by atoms with Gasteiger partial charge in [0.1, 0.15) is 46.1 Å². The molecule has 1 fully saturated rings. The van der Waals surface area contributed by atoms with E-state index in [-0.39, 0.29) is 25.3 Å². The molecule has 2 aromatic heterocycles. The Labute approximate surface area is 241 Å². The summed E-state index contributed by atoms with van der Waals surface area (Å²) in [5, 5.41) is 20.1. The number of methoxy groups -OCH3 is 1. The molecule has 1 saturated carbocycles. The van der Waals surface area contributed by atoms with E-state index in [0.717, 1.165) is 18.2 Å². The van der Waals surface area contributed by atoms with Gasteiger partial charge in [0.25, 0.3) is 5.91 Å². The number of carbonyl (C=O) groups excluding carboxylic acids is 2. The van der Waals surface area contributed by atoms with Crippen LogP contribution in [0.1, 0.15) is 60.8 Å². The molecule has 0 saturated heterocycles. The van der Waals surface area contributed by atoms with Crippen LogP contribution in [0, 0.1) is 5.82 Å². The minimum atomic E-state index is -1.62. The Balaban J connectivity index is 1.34. The number of aliphatic hydroxyl groups is 1. The highest BCUT2D eigenvalue weighted by atomic mass is 19.1. The van der Waals surface area contributed by atoms with Crippen LogP contribution in [0.15, 0.2) is 48.7 Å². The fraction of sp³-hybridized carbons (Fsp3) is 0.355. The number of nitrogens with zero attached hydrogens (tertiary/aromatic N) is 3. The van der Waals surface area contributed by atoms with Gasteiger partial charge in [-0.15, -0.1) is 0 Å². The zero-order chi connectivity index (χ0) is 29.8. The first-order valence-corrected chi connectivity index (χ1v) is 13.9. The monoisotopic (exact) mass is 573 g/mol. The Kier molecular flexibility index (Phi) is 6.64. The Hall–Kier alpha value is -4.51. The van der Waals surface area contributed by atoms with E-state index < -0.39 is 28.6 Å². The second-order valence-corrected chi connectivity index (χ2v) is 11.2. The summed E-state index contributed by atoms with van der Waals surface area (Å²) >= 11 is 0. The van der Waals surface area contributed by atoms with Crippen molar-refractivity contribution >= 4 is 22.7 Å². The Morgan fingerprint density at radius 3 is 2.64 bits per heavy atom. The summed E-state index contributed by atoms with van der Waals surface area (Å²) < 4.78 is 27.0. The lowest BCUT2D eigenvalue weighted by atomic mass is 9.81. The van der Waals surface area contributed by atoms with Gasteiger partial charge in [-0.2, -0.15) is 5.10 Å². The first-order chi connectivity index (χ1) is 20.1. The van der Waals surface area contributed by atoms with E-state index in [2.05, 4.69) is 10.4 Å². The average molecular weight is 574 g/mol. The smallest absolute Gasteiger partial charge is 0.251 e. The summed E-state index contributed by atoms with van der Waals surface area (Å²) in [6, 6.07) is 11.0. The van der Waals surface area contributed by atoms with Crippen LogP contribution in [-0.4, -0.2) is 51.9 Å². The third-order valence-electron chi connectivity index (χ3n) is 8.33. The van der Waals surface area contributed by atoms with E-state index in [1.165, 1.54) is 19.2 Å². The van der Waals surface area contributed by atoms with Gasteiger partial charge in [-0.1, -0.05) is 6.92 Å². The van der Waals surface area contributed by atoms with Crippen LogP contribution < -0.4 is 20.5 Å². The summed E-state index contributed by atoms with van der Waals surface area (Å²) in [6.45, 7) is 3.26. The molecule has 1 aliphatic heterocycles. The molecular weight excluding hydrogens is 541 g/mol. The highest BCUT2D eigenvalue weighted by Crippen LogP contribution is 2.46. The van der Waals surface area contributed by atoms with Crippen LogP contribution in [0.2, 0.25) is 0 Å². The van der Waals surface area contributed by atoms with Gasteiger partial charge in [-0.3, -0.25) is 14.3 Å². The second kappa shape index (κ2) is 10.1. The van der Waals surface area contributed by atoms with Gasteiger partial charge in [0.2, 0.25) is 5.91 Å². The molecule has 218 valence electrons. The molecule has 2 aliphatic rings. The number of rotatable bonds is 9. The molecule has 11 heteroatoms. The van der Waals surface area contributed by atoms with Gasteiger partial charge in [-0.05, 0) is 68.7 Å². The van der Waals surface area contributed by atoms with E-state index in [0.29, 0.717) is 45.4 Å². The SMILES string of the molecule is CCC(O)(CNC(=O)c1cc(OC)c2nn(C3CC3)cc2c1)c1cc2c(c(-c3ccc(F)cc3)n1)OC[C@]2(C)C(N)=O. The zero-order valence-corrected chi connectivity index (χ0v) is 23.6. The van der Waals surface area contributed by atoms with Crippen LogP contribution in [0.3, 0.4) is 0 Å². The molecule has 1 aliphatic carbocycles. The first kappa shape index (κ1) is 27.6. The maximum atomic E-state index is 13.7. The van der Waals surface area contributed by atoms with Crippen molar-refractivity contribution < 1.29 is 28.6 Å². The standard InChI is InChI=1S/C31H32FN5O5/c1-4-31(40,15-34-28(38)18-11-19-14-37(21-9-10-21)36-25(19)23(12-18)41-3)24-13-22-27(42-16-30(22,2)29(33)39)26(35-24)17-5-7-20(32)8-6-17/h5-8,11-14,21,40H,4,9-10,15-16H2,1-3H3,(H2,33,39)(H,34,38)/t30-,31?/m0/s1. The van der Waals surface area contributed by atoms with Crippen LogP contribution in [0.5, 0.6) is 11.5 Å². The maximum absolute atomic E-state index is 13.7. The third kappa shape index (κ3) is 4.63. The number of nitrogens with one attached hydrogen (secondary N) is 1. The molecule has 10 nitrogen and oxygen atoms in total. The van der Waals surface area contributed by atoms with Gasteiger partial charge >= 0.3 is 0 Å². The minimum Gasteiger partial charge on any atom is -0.494 e. The summed E-state index contributed by atoms with van der Waals surface area (Å²) in [7, 11) is 1.53. The van der Waals surface area contributed by atoms with Gasteiger partial charge in [0.15, 0.2) is 0 Å². The molecule has 42 heavy (non-hydrogen) atoms. The molecule has 4 N–H and O–H groups in total. The van der Waals surface area contributed by atoms with Crippen molar-refractivity contribution in [1.82, 2.24) is 20.1 Å². The van der Waals surface area contributed by atoms with Crippen molar-refractivity contribution in [2.45, 2.75) is 50.2 Å². The fourth-order valence-corrected chi connectivity index (χ4v) is 5.29. The normalized spacial score (nSPS) is 19.2. The van der Waals surface area contributed by atoms with E-state index in [9.17, 15) is 19.1 Å². The number of benzene rings is 2. The molecule has 2 amide bonds. The van der Waals surface area contributed by atoms with Crippen molar-refractivity contribution in [1.29, 1.82) is 0 Å². The van der Waals surface area contributed by atoms with E-state index in [1.54, 1.807) is 44.2 Å². The van der Waals surface area contributed by atoms with Gasteiger partial charge in [0, 0.05) is 28.3 Å². The molecule has 1 unspecified atom stereocenters. The lowest BCUT2D eigenvalue weighted by Gasteiger charge is -2.29. The zero-order valence-electron chi connectivity index (χ0n) is 23.6. The highest BCUT2D eigenvalue weighted by molar-refractivity contribution is 6.00. The van der Waals surface area contributed by atoms with E-state index in [1.807, 2.05) is 10.9 Å². The van der Waals surface area contributed by atoms with Crippen LogP contribution in [0.4, 0.5) is 4.39 Å². The molecule has 3 heterocycles. The number of pyridine rings is 1. The van der Waals surface area contributed by atoms with Gasteiger partial charge in [-0.25, -0.2) is 9.37 Å². The molecule has 0 bridgehead atoms. The third-order valence-corrected chi connectivity index (χ3v) is 8.33. The number of fused-ring (bicyclic) bond motifs is 2. The quantitative estimate of drug-likeness (QED) is 0.277. The summed E-state index contributed by atoms with van der Waals surface area (Å²) in [4.78, 5) is 30.6. The highest BCUT2D eigenvalue weighted by Gasteiger charge is 2.45. The molecule has 0 spiro atoms.